The lowest BCUT2D eigenvalue weighted by atomic mass is 10.1. The van der Waals surface area contributed by atoms with Gasteiger partial charge < -0.3 is 9.47 Å². The van der Waals surface area contributed by atoms with Crippen LogP contribution in [0.25, 0.3) is 28.0 Å². The van der Waals surface area contributed by atoms with Gasteiger partial charge >= 0.3 is 0 Å². The molecule has 0 aliphatic rings. The largest absolute Gasteiger partial charge is 0.497 e. The molecule has 0 saturated heterocycles. The maximum Gasteiger partial charge on any atom is 0.296 e. The summed E-state index contributed by atoms with van der Waals surface area (Å²) in [5.41, 5.74) is 2.43. The zero-order valence-electron chi connectivity index (χ0n) is 23.4. The molecule has 0 radical (unpaired) electrons. The van der Waals surface area contributed by atoms with Crippen molar-refractivity contribution in [2.45, 2.75) is 19.8 Å². The second-order valence-electron chi connectivity index (χ2n) is 9.71. The van der Waals surface area contributed by atoms with Gasteiger partial charge in [0.1, 0.15) is 17.1 Å². The normalized spacial score (nSPS) is 11.7. The molecule has 0 aliphatic carbocycles. The summed E-state index contributed by atoms with van der Waals surface area (Å²) in [6, 6.07) is 21.4. The van der Waals surface area contributed by atoms with Gasteiger partial charge in [0.25, 0.3) is 11.1 Å². The highest BCUT2D eigenvalue weighted by molar-refractivity contribution is 7.15. The molecule has 216 valence electrons. The van der Waals surface area contributed by atoms with Crippen molar-refractivity contribution in [3.8, 4) is 28.4 Å². The molecule has 0 atom stereocenters. The van der Waals surface area contributed by atoms with Crippen molar-refractivity contribution in [1.82, 2.24) is 24.4 Å². The highest BCUT2D eigenvalue weighted by Gasteiger charge is 2.16. The van der Waals surface area contributed by atoms with E-state index in [2.05, 4.69) is 10.1 Å². The second-order valence-corrected chi connectivity index (χ2v) is 10.7. The first kappa shape index (κ1) is 28.0. The summed E-state index contributed by atoms with van der Waals surface area (Å²) in [5, 5.41) is 9.09. The molecule has 0 unspecified atom stereocenters. The van der Waals surface area contributed by atoms with Crippen molar-refractivity contribution in [3.05, 3.63) is 127 Å². The number of aromatic nitrogens is 5. The van der Waals surface area contributed by atoms with Gasteiger partial charge in [-0.25, -0.2) is 9.07 Å². The van der Waals surface area contributed by atoms with Crippen LogP contribution < -0.4 is 25.1 Å². The number of thiazole rings is 1. The molecular formula is C32H26FN5O4S. The quantitative estimate of drug-likeness (QED) is 0.244. The van der Waals surface area contributed by atoms with Gasteiger partial charge in [0.15, 0.2) is 11.6 Å². The van der Waals surface area contributed by atoms with Gasteiger partial charge in [-0.2, -0.15) is 19.7 Å². The average molecular weight is 596 g/mol. The molecule has 0 N–H and O–H groups in total. The van der Waals surface area contributed by atoms with E-state index in [1.165, 1.54) is 6.07 Å². The lowest BCUT2D eigenvalue weighted by Crippen LogP contribution is -2.28. The molecule has 6 rings (SSSR count). The van der Waals surface area contributed by atoms with E-state index < -0.39 is 16.9 Å². The number of hydrogen-bond donors (Lipinski definition) is 0. The fourth-order valence-corrected chi connectivity index (χ4v) is 5.43. The minimum absolute atomic E-state index is 0.155. The summed E-state index contributed by atoms with van der Waals surface area (Å²) in [4.78, 5) is 30.6. The molecule has 0 bridgehead atoms. The van der Waals surface area contributed by atoms with Crippen molar-refractivity contribution < 1.29 is 13.9 Å². The number of para-hydroxylation sites is 1. The molecular weight excluding hydrogens is 569 g/mol. The minimum Gasteiger partial charge on any atom is -0.497 e. The SMILES string of the molecule is CCCOc1ccc(-c2nn(-c3ccccc3)cc2/C=c2\sc3nc(=O)c(Cc4ccc(OC)cc4)nn3c2=O)cc1F. The van der Waals surface area contributed by atoms with Crippen LogP contribution in [0.2, 0.25) is 0 Å². The molecule has 0 aliphatic heterocycles. The molecule has 0 fully saturated rings. The molecule has 3 heterocycles. The van der Waals surface area contributed by atoms with Crippen molar-refractivity contribution >= 4 is 22.4 Å². The van der Waals surface area contributed by atoms with Gasteiger partial charge in [-0.05, 0) is 60.5 Å². The number of nitrogens with zero attached hydrogens (tertiary/aromatic N) is 5. The van der Waals surface area contributed by atoms with E-state index in [-0.39, 0.29) is 22.8 Å². The maximum atomic E-state index is 14.9. The Morgan fingerprint density at radius 1 is 1.00 bits per heavy atom. The van der Waals surface area contributed by atoms with Crippen LogP contribution in [0.1, 0.15) is 30.2 Å². The molecule has 3 aromatic heterocycles. The second kappa shape index (κ2) is 12.0. The first-order chi connectivity index (χ1) is 20.9. The minimum atomic E-state index is -0.506. The van der Waals surface area contributed by atoms with Gasteiger partial charge in [-0.3, -0.25) is 9.59 Å². The topological polar surface area (TPSA) is 101 Å². The first-order valence-corrected chi connectivity index (χ1v) is 14.4. The third kappa shape index (κ3) is 5.80. The van der Waals surface area contributed by atoms with Crippen LogP contribution in [0, 0.1) is 5.82 Å². The Morgan fingerprint density at radius 2 is 1.79 bits per heavy atom. The summed E-state index contributed by atoms with van der Waals surface area (Å²) in [6.07, 6.45) is 4.41. The molecule has 3 aromatic carbocycles. The van der Waals surface area contributed by atoms with Gasteiger partial charge in [0, 0.05) is 23.7 Å². The summed E-state index contributed by atoms with van der Waals surface area (Å²) in [7, 11) is 1.58. The number of halogens is 1. The zero-order chi connectivity index (χ0) is 29.9. The summed E-state index contributed by atoms with van der Waals surface area (Å²) < 4.78 is 28.8. The van der Waals surface area contributed by atoms with E-state index >= 15 is 0 Å². The van der Waals surface area contributed by atoms with E-state index in [1.54, 1.807) is 48.3 Å². The molecule has 9 nitrogen and oxygen atoms in total. The smallest absolute Gasteiger partial charge is 0.296 e. The number of methoxy groups -OCH3 is 1. The monoisotopic (exact) mass is 595 g/mol. The lowest BCUT2D eigenvalue weighted by molar-refractivity contribution is 0.301. The Morgan fingerprint density at radius 3 is 2.51 bits per heavy atom. The first-order valence-electron chi connectivity index (χ1n) is 13.6. The number of benzene rings is 3. The third-order valence-electron chi connectivity index (χ3n) is 6.70. The van der Waals surface area contributed by atoms with Crippen molar-refractivity contribution in [1.29, 1.82) is 0 Å². The predicted molar refractivity (Wildman–Crippen MR) is 163 cm³/mol. The molecule has 11 heteroatoms. The van der Waals surface area contributed by atoms with Gasteiger partial charge in [0.05, 0.1) is 23.9 Å². The molecule has 0 amide bonds. The maximum absolute atomic E-state index is 14.9. The van der Waals surface area contributed by atoms with Gasteiger partial charge in [-0.15, -0.1) is 0 Å². The fraction of sp³-hybridized carbons (Fsp3) is 0.156. The Labute approximate surface area is 249 Å². The van der Waals surface area contributed by atoms with Crippen molar-refractivity contribution in [2.75, 3.05) is 13.7 Å². The van der Waals surface area contributed by atoms with E-state index in [9.17, 15) is 14.0 Å². The van der Waals surface area contributed by atoms with Crippen LogP contribution in [0.4, 0.5) is 4.39 Å². The average Bonchev–Trinajstić information content (AvgIpc) is 3.58. The van der Waals surface area contributed by atoms with E-state index in [1.807, 2.05) is 49.4 Å². The van der Waals surface area contributed by atoms with Crippen LogP contribution in [-0.4, -0.2) is 38.1 Å². The highest BCUT2D eigenvalue weighted by Crippen LogP contribution is 2.29. The Kier molecular flexibility index (Phi) is 7.80. The fourth-order valence-electron chi connectivity index (χ4n) is 4.54. The molecule has 43 heavy (non-hydrogen) atoms. The summed E-state index contributed by atoms with van der Waals surface area (Å²) >= 11 is 1.05. The standard InChI is InChI=1S/C32H26FN5O4S/c1-3-15-42-27-14-11-21(17-25(27)33)29-22(19-37(36-29)23-7-5-4-6-8-23)18-28-31(40)38-32(43-28)34-30(39)26(35-38)16-20-9-12-24(41-2)13-10-20/h4-14,17-19H,3,15-16H2,1-2H3/b28-18-. The van der Waals surface area contributed by atoms with Crippen molar-refractivity contribution in [2.24, 2.45) is 0 Å². The predicted octanol–water partition coefficient (Wildman–Crippen LogP) is 4.44. The number of rotatable bonds is 9. The van der Waals surface area contributed by atoms with E-state index in [0.29, 0.717) is 33.7 Å². The number of ether oxygens (including phenoxy) is 2. The van der Waals surface area contributed by atoms with Gasteiger partial charge in [0.2, 0.25) is 4.96 Å². The van der Waals surface area contributed by atoms with Crippen LogP contribution in [0.5, 0.6) is 11.5 Å². The molecule has 0 saturated carbocycles. The summed E-state index contributed by atoms with van der Waals surface area (Å²) in [6.45, 7) is 2.36. The Balaban J connectivity index is 1.44. The Hall–Kier alpha value is -5.16. The summed E-state index contributed by atoms with van der Waals surface area (Å²) in [5.74, 6) is 0.353. The number of fused-ring (bicyclic) bond motifs is 1. The van der Waals surface area contributed by atoms with Crippen LogP contribution >= 0.6 is 11.3 Å². The molecule has 0 spiro atoms. The van der Waals surface area contributed by atoms with Crippen LogP contribution in [-0.2, 0) is 6.42 Å². The van der Waals surface area contributed by atoms with E-state index in [4.69, 9.17) is 14.6 Å². The highest BCUT2D eigenvalue weighted by atomic mass is 32.1. The third-order valence-corrected chi connectivity index (χ3v) is 7.66. The number of hydrogen-bond acceptors (Lipinski definition) is 8. The molecule has 6 aromatic rings. The van der Waals surface area contributed by atoms with E-state index in [0.717, 1.165) is 33.5 Å². The lowest BCUT2D eigenvalue weighted by Gasteiger charge is -2.07. The van der Waals surface area contributed by atoms with Crippen LogP contribution in [0.15, 0.2) is 88.6 Å². The van der Waals surface area contributed by atoms with Crippen LogP contribution in [0.3, 0.4) is 0 Å². The zero-order valence-corrected chi connectivity index (χ0v) is 24.2. The van der Waals surface area contributed by atoms with Crippen molar-refractivity contribution in [3.63, 3.8) is 0 Å². The van der Waals surface area contributed by atoms with Gasteiger partial charge in [-0.1, -0.05) is 48.6 Å². The Bertz CT molecular complexity index is 2090.